The molecule has 0 bridgehead atoms. The van der Waals surface area contributed by atoms with Gasteiger partial charge in [0.15, 0.2) is 5.78 Å². The predicted octanol–water partition coefficient (Wildman–Crippen LogP) is 2.25. The molecule has 3 aromatic rings. The van der Waals surface area contributed by atoms with Crippen molar-refractivity contribution in [3.8, 4) is 11.3 Å². The number of sulfonamides is 1. The number of aromatic nitrogens is 2. The molecular formula is C21H18FN3O4S. The zero-order chi connectivity index (χ0) is 21.5. The van der Waals surface area contributed by atoms with Crippen molar-refractivity contribution in [3.63, 3.8) is 0 Å². The van der Waals surface area contributed by atoms with Crippen LogP contribution in [0.4, 0.5) is 10.1 Å². The van der Waals surface area contributed by atoms with E-state index in [0.717, 1.165) is 16.5 Å². The molecule has 2 aromatic carbocycles. The van der Waals surface area contributed by atoms with Crippen LogP contribution in [0, 0.1) is 5.82 Å². The minimum atomic E-state index is -3.38. The highest BCUT2D eigenvalue weighted by Crippen LogP contribution is 2.30. The van der Waals surface area contributed by atoms with E-state index in [1.807, 2.05) is 0 Å². The molecule has 1 aliphatic rings. The van der Waals surface area contributed by atoms with Gasteiger partial charge < -0.3 is 0 Å². The summed E-state index contributed by atoms with van der Waals surface area (Å²) < 4.78 is 40.0. The maximum Gasteiger partial charge on any atom is 0.267 e. The third-order valence-electron chi connectivity index (χ3n) is 4.96. The van der Waals surface area contributed by atoms with Crippen LogP contribution < -0.4 is 9.86 Å². The van der Waals surface area contributed by atoms with E-state index in [-0.39, 0.29) is 23.6 Å². The zero-order valence-electron chi connectivity index (χ0n) is 16.1. The van der Waals surface area contributed by atoms with E-state index in [2.05, 4.69) is 5.10 Å². The number of fused-ring (bicyclic) bond motifs is 1. The van der Waals surface area contributed by atoms with E-state index in [1.165, 1.54) is 28.6 Å². The molecule has 0 fully saturated rings. The molecule has 4 rings (SSSR count). The predicted molar refractivity (Wildman–Crippen MR) is 111 cm³/mol. The van der Waals surface area contributed by atoms with Gasteiger partial charge in [-0.1, -0.05) is 12.1 Å². The Morgan fingerprint density at radius 2 is 1.90 bits per heavy atom. The molecule has 0 atom stereocenters. The highest BCUT2D eigenvalue weighted by molar-refractivity contribution is 7.92. The van der Waals surface area contributed by atoms with Crippen LogP contribution in [0.1, 0.15) is 15.9 Å². The minimum Gasteiger partial charge on any atom is -0.292 e. The molecule has 154 valence electrons. The summed E-state index contributed by atoms with van der Waals surface area (Å²) in [6.45, 7) is 0.0210. The van der Waals surface area contributed by atoms with Gasteiger partial charge in [-0.05, 0) is 48.4 Å². The molecule has 9 heteroatoms. The Bertz CT molecular complexity index is 1320. The Labute approximate surface area is 172 Å². The molecule has 0 saturated carbocycles. The Morgan fingerprint density at radius 3 is 2.63 bits per heavy atom. The highest BCUT2D eigenvalue weighted by atomic mass is 32.2. The summed E-state index contributed by atoms with van der Waals surface area (Å²) in [6.07, 6.45) is 1.65. The van der Waals surface area contributed by atoms with E-state index < -0.39 is 21.4 Å². The van der Waals surface area contributed by atoms with Crippen LogP contribution in [-0.4, -0.2) is 36.8 Å². The standard InChI is InChI=1S/C21H18FN3O4S/c1-30(28,29)25-11-10-14-12-15(6-8-19(14)25)20(26)13-24-21(27)9-7-18(23-24)16-4-2-3-5-17(16)22/h2-9,12H,10-11,13H2,1H3. The first-order valence-electron chi connectivity index (χ1n) is 9.21. The lowest BCUT2D eigenvalue weighted by molar-refractivity contribution is 0.0965. The quantitative estimate of drug-likeness (QED) is 0.583. The van der Waals surface area contributed by atoms with E-state index in [9.17, 15) is 22.4 Å². The highest BCUT2D eigenvalue weighted by Gasteiger charge is 2.26. The molecular weight excluding hydrogens is 409 g/mol. The number of hydrogen-bond donors (Lipinski definition) is 0. The third-order valence-corrected chi connectivity index (χ3v) is 6.14. The summed E-state index contributed by atoms with van der Waals surface area (Å²) in [4.78, 5) is 24.9. The van der Waals surface area contributed by atoms with Gasteiger partial charge in [0.2, 0.25) is 10.0 Å². The van der Waals surface area contributed by atoms with Crippen molar-refractivity contribution in [2.24, 2.45) is 0 Å². The normalized spacial score (nSPS) is 13.3. The number of Topliss-reactive ketones (excluding diaryl/α,β-unsaturated/α-hetero) is 1. The summed E-state index contributed by atoms with van der Waals surface area (Å²) in [5.74, 6) is -0.827. The number of hydrogen-bond acceptors (Lipinski definition) is 5. The first-order valence-corrected chi connectivity index (χ1v) is 11.1. The van der Waals surface area contributed by atoms with Crippen molar-refractivity contribution < 1.29 is 17.6 Å². The average Bonchev–Trinajstić information content (AvgIpc) is 3.14. The molecule has 0 saturated heterocycles. The van der Waals surface area contributed by atoms with E-state index in [0.29, 0.717) is 24.2 Å². The van der Waals surface area contributed by atoms with E-state index >= 15 is 0 Å². The molecule has 0 N–H and O–H groups in total. The molecule has 0 aliphatic carbocycles. The molecule has 30 heavy (non-hydrogen) atoms. The number of carbonyl (C=O) groups is 1. The Hall–Kier alpha value is -3.33. The number of nitrogens with zero attached hydrogens (tertiary/aromatic N) is 3. The molecule has 0 spiro atoms. The fourth-order valence-corrected chi connectivity index (χ4v) is 4.45. The fraction of sp³-hybridized carbons (Fsp3) is 0.190. The smallest absolute Gasteiger partial charge is 0.267 e. The molecule has 0 amide bonds. The number of benzene rings is 2. The van der Waals surface area contributed by atoms with Gasteiger partial charge >= 0.3 is 0 Å². The summed E-state index contributed by atoms with van der Waals surface area (Å²) in [5.41, 5.74) is 1.68. The molecule has 1 aliphatic heterocycles. The molecule has 7 nitrogen and oxygen atoms in total. The SMILES string of the molecule is CS(=O)(=O)N1CCc2cc(C(=O)Cn3nc(-c4ccccc4F)ccc3=O)ccc21. The van der Waals surface area contributed by atoms with Gasteiger partial charge in [-0.15, -0.1) is 0 Å². The fourth-order valence-electron chi connectivity index (χ4n) is 3.49. The van der Waals surface area contributed by atoms with Gasteiger partial charge in [-0.2, -0.15) is 5.10 Å². The van der Waals surface area contributed by atoms with Gasteiger partial charge in [-0.3, -0.25) is 13.9 Å². The summed E-state index contributed by atoms with van der Waals surface area (Å²) in [5, 5.41) is 4.14. The largest absolute Gasteiger partial charge is 0.292 e. The van der Waals surface area contributed by atoms with Crippen molar-refractivity contribution >= 4 is 21.5 Å². The van der Waals surface area contributed by atoms with Crippen LogP contribution in [-0.2, 0) is 23.0 Å². The maximum atomic E-state index is 14.0. The van der Waals surface area contributed by atoms with Crippen molar-refractivity contribution in [2.45, 2.75) is 13.0 Å². The van der Waals surface area contributed by atoms with Crippen LogP contribution in [0.15, 0.2) is 59.4 Å². The van der Waals surface area contributed by atoms with Gasteiger partial charge in [0.1, 0.15) is 12.4 Å². The second-order valence-electron chi connectivity index (χ2n) is 7.05. The van der Waals surface area contributed by atoms with Crippen LogP contribution in [0.25, 0.3) is 11.3 Å². The van der Waals surface area contributed by atoms with Crippen molar-refractivity contribution in [1.82, 2.24) is 9.78 Å². The Balaban J connectivity index is 1.62. The summed E-state index contributed by atoms with van der Waals surface area (Å²) in [6, 6.07) is 13.5. The topological polar surface area (TPSA) is 89.3 Å². The first kappa shape index (κ1) is 20.0. The lowest BCUT2D eigenvalue weighted by Crippen LogP contribution is -2.27. The Morgan fingerprint density at radius 1 is 1.13 bits per heavy atom. The van der Waals surface area contributed by atoms with Crippen LogP contribution >= 0.6 is 0 Å². The average molecular weight is 427 g/mol. The van der Waals surface area contributed by atoms with Gasteiger partial charge in [0.25, 0.3) is 5.56 Å². The summed E-state index contributed by atoms with van der Waals surface area (Å²) in [7, 11) is -3.38. The molecule has 0 radical (unpaired) electrons. The lowest BCUT2D eigenvalue weighted by atomic mass is 10.1. The van der Waals surface area contributed by atoms with Crippen LogP contribution in [0.5, 0.6) is 0 Å². The number of halogens is 1. The number of anilines is 1. The van der Waals surface area contributed by atoms with Gasteiger partial charge in [-0.25, -0.2) is 17.5 Å². The van der Waals surface area contributed by atoms with Crippen molar-refractivity contribution in [1.29, 1.82) is 0 Å². The monoisotopic (exact) mass is 427 g/mol. The molecule has 0 unspecified atom stereocenters. The van der Waals surface area contributed by atoms with E-state index in [1.54, 1.807) is 30.3 Å². The Kier molecular flexibility index (Phi) is 4.98. The van der Waals surface area contributed by atoms with Crippen LogP contribution in [0.2, 0.25) is 0 Å². The molecule has 2 heterocycles. The lowest BCUT2D eigenvalue weighted by Gasteiger charge is -2.16. The second kappa shape index (κ2) is 7.49. The molecule has 1 aromatic heterocycles. The van der Waals surface area contributed by atoms with Crippen LogP contribution in [0.3, 0.4) is 0 Å². The van der Waals surface area contributed by atoms with Crippen molar-refractivity contribution in [3.05, 3.63) is 81.9 Å². The maximum absolute atomic E-state index is 14.0. The second-order valence-corrected chi connectivity index (χ2v) is 8.95. The summed E-state index contributed by atoms with van der Waals surface area (Å²) >= 11 is 0. The van der Waals surface area contributed by atoms with E-state index in [4.69, 9.17) is 0 Å². The van der Waals surface area contributed by atoms with Gasteiger partial charge in [0, 0.05) is 23.7 Å². The number of ketones is 1. The number of carbonyl (C=O) groups excluding carboxylic acids is 1. The zero-order valence-corrected chi connectivity index (χ0v) is 16.9. The minimum absolute atomic E-state index is 0.233. The first-order chi connectivity index (χ1) is 14.2. The van der Waals surface area contributed by atoms with Gasteiger partial charge in [0.05, 0.1) is 17.6 Å². The number of rotatable bonds is 5. The third kappa shape index (κ3) is 3.76. The van der Waals surface area contributed by atoms with Crippen molar-refractivity contribution in [2.75, 3.05) is 17.1 Å².